The van der Waals surface area contributed by atoms with Crippen molar-refractivity contribution in [2.75, 3.05) is 53.4 Å². The Morgan fingerprint density at radius 1 is 1.03 bits per heavy atom. The predicted molar refractivity (Wildman–Crippen MR) is 121 cm³/mol. The molecule has 0 saturated carbocycles. The quantitative estimate of drug-likeness (QED) is 0.673. The van der Waals surface area contributed by atoms with Crippen LogP contribution in [-0.2, 0) is 25.0 Å². The van der Waals surface area contributed by atoms with E-state index >= 15 is 0 Å². The summed E-state index contributed by atoms with van der Waals surface area (Å²) in [6, 6.07) is 6.85. The van der Waals surface area contributed by atoms with Crippen LogP contribution in [0.1, 0.15) is 39.2 Å². The van der Waals surface area contributed by atoms with Gasteiger partial charge in [0.1, 0.15) is 0 Å². The Hall–Kier alpha value is -1.97. The second-order valence-electron chi connectivity index (χ2n) is 9.22. The van der Waals surface area contributed by atoms with Crippen LogP contribution in [-0.4, -0.2) is 88.3 Å². The summed E-state index contributed by atoms with van der Waals surface area (Å²) in [4.78, 5) is 30.0. The molecule has 1 aliphatic heterocycles. The van der Waals surface area contributed by atoms with E-state index in [4.69, 9.17) is 0 Å². The third-order valence-corrected chi connectivity index (χ3v) is 6.94. The average molecular weight is 453 g/mol. The number of carbonyl (C=O) groups is 2. The molecule has 1 fully saturated rings. The zero-order chi connectivity index (χ0) is 23.2. The molecule has 1 heterocycles. The monoisotopic (exact) mass is 452 g/mol. The fraction of sp³-hybridized carbons (Fsp3) is 0.636. The van der Waals surface area contributed by atoms with Crippen molar-refractivity contribution >= 4 is 21.8 Å². The summed E-state index contributed by atoms with van der Waals surface area (Å²) >= 11 is 0. The summed E-state index contributed by atoms with van der Waals surface area (Å²) in [5.41, 5.74) is 1.01. The second-order valence-corrected chi connectivity index (χ2v) is 11.0. The molecule has 0 atom stereocenters. The van der Waals surface area contributed by atoms with E-state index in [2.05, 4.69) is 30.4 Å². The predicted octanol–water partition coefficient (Wildman–Crippen LogP) is 1.28. The lowest BCUT2D eigenvalue weighted by atomic mass is 9.87. The fourth-order valence-electron chi connectivity index (χ4n) is 3.38. The number of hydrogen-bond acceptors (Lipinski definition) is 5. The number of hydrogen-bond donors (Lipinski definition) is 1. The van der Waals surface area contributed by atoms with Gasteiger partial charge in [0.05, 0.1) is 11.4 Å². The smallest absolute Gasteiger partial charge is 0.240 e. The minimum Gasteiger partial charge on any atom is -0.348 e. The van der Waals surface area contributed by atoms with Gasteiger partial charge >= 0.3 is 0 Å². The third kappa shape index (κ3) is 7.59. The highest BCUT2D eigenvalue weighted by molar-refractivity contribution is 7.89. The molecule has 2 rings (SSSR count). The zero-order valence-electron chi connectivity index (χ0n) is 19.3. The van der Waals surface area contributed by atoms with Gasteiger partial charge in [-0.3, -0.25) is 14.5 Å². The van der Waals surface area contributed by atoms with Crippen LogP contribution < -0.4 is 4.72 Å². The molecule has 1 aromatic rings. The normalized spacial score (nSPS) is 16.1. The molecule has 1 saturated heterocycles. The second kappa shape index (κ2) is 10.6. The first kappa shape index (κ1) is 25.3. The first-order chi connectivity index (χ1) is 14.4. The number of nitrogens with one attached hydrogen (secondary N) is 1. The van der Waals surface area contributed by atoms with E-state index in [1.54, 1.807) is 36.0 Å². The van der Waals surface area contributed by atoms with E-state index in [1.807, 2.05) is 12.1 Å². The summed E-state index contributed by atoms with van der Waals surface area (Å²) < 4.78 is 27.6. The molecule has 0 aromatic heterocycles. The van der Waals surface area contributed by atoms with Crippen molar-refractivity contribution in [3.05, 3.63) is 29.8 Å². The van der Waals surface area contributed by atoms with Crippen molar-refractivity contribution in [2.45, 2.75) is 43.9 Å². The molecule has 2 amide bonds. The van der Waals surface area contributed by atoms with Gasteiger partial charge in [-0.1, -0.05) is 32.9 Å². The van der Waals surface area contributed by atoms with Crippen LogP contribution in [0, 0.1) is 0 Å². The Balaban J connectivity index is 1.83. The zero-order valence-corrected chi connectivity index (χ0v) is 20.2. The van der Waals surface area contributed by atoms with E-state index in [-0.39, 0.29) is 35.1 Å². The highest BCUT2D eigenvalue weighted by atomic mass is 32.2. The summed E-state index contributed by atoms with van der Waals surface area (Å²) in [6.07, 6.45) is 0.897. The Morgan fingerprint density at radius 3 is 2.26 bits per heavy atom. The van der Waals surface area contributed by atoms with Crippen molar-refractivity contribution in [3.63, 3.8) is 0 Å². The van der Waals surface area contributed by atoms with Crippen LogP contribution in [0.2, 0.25) is 0 Å². The van der Waals surface area contributed by atoms with E-state index in [0.717, 1.165) is 18.5 Å². The maximum absolute atomic E-state index is 12.6. The van der Waals surface area contributed by atoms with Crippen LogP contribution in [0.25, 0.3) is 0 Å². The maximum atomic E-state index is 12.6. The molecular weight excluding hydrogens is 416 g/mol. The Bertz CT molecular complexity index is 860. The molecule has 1 aliphatic rings. The van der Waals surface area contributed by atoms with E-state index in [0.29, 0.717) is 26.2 Å². The Labute approximate surface area is 186 Å². The SMILES string of the molecule is CN(C)C(=O)CN1CCCN(C(=O)CCNS(=O)(=O)c2ccc(C(C)(C)C)cc2)CC1. The molecule has 1 N–H and O–H groups in total. The average Bonchev–Trinajstić information content (AvgIpc) is 2.92. The first-order valence-electron chi connectivity index (χ1n) is 10.7. The topological polar surface area (TPSA) is 90.0 Å². The lowest BCUT2D eigenvalue weighted by molar-refractivity contribution is -0.130. The molecule has 0 unspecified atom stereocenters. The van der Waals surface area contributed by atoms with Crippen LogP contribution in [0.3, 0.4) is 0 Å². The van der Waals surface area contributed by atoms with Gasteiger partial charge in [0.25, 0.3) is 0 Å². The van der Waals surface area contributed by atoms with Gasteiger partial charge in [-0.15, -0.1) is 0 Å². The van der Waals surface area contributed by atoms with Crippen molar-refractivity contribution < 1.29 is 18.0 Å². The van der Waals surface area contributed by atoms with Gasteiger partial charge in [-0.25, -0.2) is 13.1 Å². The number of rotatable bonds is 7. The van der Waals surface area contributed by atoms with Crippen LogP contribution >= 0.6 is 0 Å². The van der Waals surface area contributed by atoms with Crippen molar-refractivity contribution in [1.29, 1.82) is 0 Å². The van der Waals surface area contributed by atoms with Gasteiger partial charge < -0.3 is 9.80 Å². The maximum Gasteiger partial charge on any atom is 0.240 e. The number of amides is 2. The standard InChI is InChI=1S/C22H36N4O4S/c1-22(2,3)18-7-9-19(10-8-18)31(29,30)23-12-11-20(27)26-14-6-13-25(15-16-26)17-21(28)24(4)5/h7-10,23H,6,11-17H2,1-5H3. The lowest BCUT2D eigenvalue weighted by Gasteiger charge is -2.23. The minimum absolute atomic E-state index is 0.0460. The third-order valence-electron chi connectivity index (χ3n) is 5.46. The number of likely N-dealkylation sites (N-methyl/N-ethyl adjacent to an activating group) is 1. The molecule has 9 heteroatoms. The number of sulfonamides is 1. The number of benzene rings is 1. The van der Waals surface area contributed by atoms with Gasteiger partial charge in [-0.05, 0) is 29.5 Å². The number of carbonyl (C=O) groups excluding carboxylic acids is 2. The molecule has 0 spiro atoms. The molecule has 8 nitrogen and oxygen atoms in total. The Kier molecular flexibility index (Phi) is 8.62. The van der Waals surface area contributed by atoms with E-state index in [1.165, 1.54) is 0 Å². The highest BCUT2D eigenvalue weighted by Gasteiger charge is 2.22. The summed E-state index contributed by atoms with van der Waals surface area (Å²) in [5, 5.41) is 0. The summed E-state index contributed by atoms with van der Waals surface area (Å²) in [7, 11) is -0.193. The molecule has 31 heavy (non-hydrogen) atoms. The molecule has 1 aromatic carbocycles. The van der Waals surface area contributed by atoms with Crippen LogP contribution in [0.15, 0.2) is 29.2 Å². The van der Waals surface area contributed by atoms with Gasteiger partial charge in [0.2, 0.25) is 21.8 Å². The fourth-order valence-corrected chi connectivity index (χ4v) is 4.41. The van der Waals surface area contributed by atoms with Crippen molar-refractivity contribution in [2.24, 2.45) is 0 Å². The van der Waals surface area contributed by atoms with Gasteiger partial charge in [0, 0.05) is 53.2 Å². The van der Waals surface area contributed by atoms with Gasteiger partial charge in [0.15, 0.2) is 0 Å². The van der Waals surface area contributed by atoms with Gasteiger partial charge in [-0.2, -0.15) is 0 Å². The molecule has 0 radical (unpaired) electrons. The number of nitrogens with zero attached hydrogens (tertiary/aromatic N) is 3. The largest absolute Gasteiger partial charge is 0.348 e. The van der Waals surface area contributed by atoms with Crippen LogP contribution in [0.4, 0.5) is 0 Å². The molecular formula is C22H36N4O4S. The van der Waals surface area contributed by atoms with Crippen molar-refractivity contribution in [1.82, 2.24) is 19.4 Å². The Morgan fingerprint density at radius 2 is 1.68 bits per heavy atom. The molecule has 0 aliphatic carbocycles. The molecule has 0 bridgehead atoms. The summed E-state index contributed by atoms with van der Waals surface area (Å²) in [6.45, 7) is 9.18. The summed E-state index contributed by atoms with van der Waals surface area (Å²) in [5.74, 6) is -0.0312. The van der Waals surface area contributed by atoms with E-state index < -0.39 is 10.0 Å². The van der Waals surface area contributed by atoms with Crippen molar-refractivity contribution in [3.8, 4) is 0 Å². The van der Waals surface area contributed by atoms with E-state index in [9.17, 15) is 18.0 Å². The highest BCUT2D eigenvalue weighted by Crippen LogP contribution is 2.23. The first-order valence-corrected chi connectivity index (χ1v) is 12.2. The minimum atomic E-state index is -3.66. The molecule has 174 valence electrons. The van der Waals surface area contributed by atoms with Crippen LogP contribution in [0.5, 0.6) is 0 Å². The lowest BCUT2D eigenvalue weighted by Crippen LogP contribution is -2.40.